The number of aromatic nitrogens is 3. The molecule has 1 aromatic carbocycles. The molecule has 1 N–H and O–H groups in total. The lowest BCUT2D eigenvalue weighted by molar-refractivity contribution is 0.105. The van der Waals surface area contributed by atoms with E-state index >= 15 is 0 Å². The van der Waals surface area contributed by atoms with Gasteiger partial charge in [-0.3, -0.25) is 0 Å². The van der Waals surface area contributed by atoms with E-state index in [-0.39, 0.29) is 5.41 Å². The molecule has 0 saturated carbocycles. The average molecular weight is 292 g/mol. The van der Waals surface area contributed by atoms with Crippen molar-refractivity contribution < 1.29 is 5.11 Å². The van der Waals surface area contributed by atoms with E-state index in [0.717, 1.165) is 11.3 Å². The molecule has 0 aliphatic carbocycles. The first-order valence-electron chi connectivity index (χ1n) is 6.39. The Balaban J connectivity index is 2.46. The van der Waals surface area contributed by atoms with Gasteiger partial charge in [-0.1, -0.05) is 44.5 Å². The van der Waals surface area contributed by atoms with Gasteiger partial charge in [0.25, 0.3) is 0 Å². The summed E-state index contributed by atoms with van der Waals surface area (Å²) in [6.07, 6.45) is 4.26. The van der Waals surface area contributed by atoms with Gasteiger partial charge in [-0.05, 0) is 23.6 Å². The Morgan fingerprint density at radius 1 is 1.30 bits per heavy atom. The van der Waals surface area contributed by atoms with E-state index in [1.54, 1.807) is 17.1 Å². The van der Waals surface area contributed by atoms with Crippen LogP contribution in [0.5, 0.6) is 0 Å². The molecule has 2 aromatic rings. The molecule has 1 heterocycles. The molecule has 4 nitrogen and oxygen atoms in total. The third-order valence-electron chi connectivity index (χ3n) is 3.01. The van der Waals surface area contributed by atoms with Crippen LogP contribution in [0.4, 0.5) is 0 Å². The molecule has 0 bridgehead atoms. The topological polar surface area (TPSA) is 50.9 Å². The van der Waals surface area contributed by atoms with E-state index in [9.17, 15) is 5.11 Å². The van der Waals surface area contributed by atoms with Crippen LogP contribution in [0, 0.1) is 5.41 Å². The zero-order chi connectivity index (χ0) is 14.8. The van der Waals surface area contributed by atoms with Crippen LogP contribution in [0.3, 0.4) is 0 Å². The van der Waals surface area contributed by atoms with Crippen LogP contribution in [0.1, 0.15) is 26.3 Å². The quantitative estimate of drug-likeness (QED) is 0.944. The van der Waals surface area contributed by atoms with Crippen molar-refractivity contribution in [2.45, 2.75) is 26.9 Å². The fraction of sp³-hybridized carbons (Fsp3) is 0.333. The summed E-state index contributed by atoms with van der Waals surface area (Å²) in [5.41, 5.74) is 1.45. The van der Waals surface area contributed by atoms with Crippen molar-refractivity contribution in [3.63, 3.8) is 0 Å². The van der Waals surface area contributed by atoms with E-state index in [4.69, 9.17) is 11.6 Å². The lowest BCUT2D eigenvalue weighted by Gasteiger charge is -2.24. The summed E-state index contributed by atoms with van der Waals surface area (Å²) in [6, 6.07) is 7.41. The molecular weight excluding hydrogens is 274 g/mol. The van der Waals surface area contributed by atoms with Gasteiger partial charge in [0.2, 0.25) is 0 Å². The van der Waals surface area contributed by atoms with Crippen molar-refractivity contribution in [3.8, 4) is 0 Å². The molecule has 0 fully saturated rings. The summed E-state index contributed by atoms with van der Waals surface area (Å²) >= 11 is 5.92. The fourth-order valence-electron chi connectivity index (χ4n) is 1.66. The second-order valence-corrected chi connectivity index (χ2v) is 6.15. The fourth-order valence-corrected chi connectivity index (χ4v) is 1.78. The highest BCUT2D eigenvalue weighted by Crippen LogP contribution is 2.25. The first-order chi connectivity index (χ1) is 9.38. The minimum atomic E-state index is -0.600. The Hall–Kier alpha value is -1.65. The smallest absolute Gasteiger partial charge is 0.138 e. The summed E-state index contributed by atoms with van der Waals surface area (Å²) in [5.74, 6) is 0. The van der Waals surface area contributed by atoms with Crippen LogP contribution in [-0.4, -0.2) is 26.0 Å². The van der Waals surface area contributed by atoms with E-state index in [2.05, 4.69) is 10.1 Å². The van der Waals surface area contributed by atoms with Crippen molar-refractivity contribution in [3.05, 3.63) is 53.6 Å². The summed E-state index contributed by atoms with van der Waals surface area (Å²) in [5, 5.41) is 15.1. The number of halogens is 1. The maximum atomic E-state index is 10.3. The van der Waals surface area contributed by atoms with Crippen molar-refractivity contribution in [2.75, 3.05) is 0 Å². The van der Waals surface area contributed by atoms with Crippen molar-refractivity contribution in [2.24, 2.45) is 5.41 Å². The highest BCUT2D eigenvalue weighted by molar-refractivity contribution is 6.30. The highest BCUT2D eigenvalue weighted by atomic mass is 35.5. The Morgan fingerprint density at radius 3 is 2.45 bits per heavy atom. The second-order valence-electron chi connectivity index (χ2n) is 5.71. The number of hydrogen-bond acceptors (Lipinski definition) is 3. The van der Waals surface area contributed by atoms with Crippen LogP contribution in [0.15, 0.2) is 43.0 Å². The van der Waals surface area contributed by atoms with Gasteiger partial charge >= 0.3 is 0 Å². The summed E-state index contributed by atoms with van der Waals surface area (Å²) in [6.45, 7) is 5.94. The predicted octanol–water partition coefficient (Wildman–Crippen LogP) is 3.23. The molecule has 5 heteroatoms. The molecule has 0 saturated heterocycles. The molecule has 0 aliphatic rings. The van der Waals surface area contributed by atoms with Gasteiger partial charge in [-0.2, -0.15) is 5.10 Å². The van der Waals surface area contributed by atoms with Crippen molar-refractivity contribution in [1.29, 1.82) is 0 Å². The minimum Gasteiger partial charge on any atom is -0.388 e. The van der Waals surface area contributed by atoms with Gasteiger partial charge in [0, 0.05) is 10.6 Å². The van der Waals surface area contributed by atoms with Gasteiger partial charge in [-0.15, -0.1) is 0 Å². The second kappa shape index (κ2) is 5.77. The molecule has 0 aliphatic heterocycles. The summed E-state index contributed by atoms with van der Waals surface area (Å²) < 4.78 is 1.64. The standard InChI is InChI=1S/C15H18ClN3O/c1-15(2,3)14(20)8-13(19-10-17-9-18-19)11-4-6-12(16)7-5-11/h4-10,14,20H,1-3H3/b13-8-. The van der Waals surface area contributed by atoms with Crippen LogP contribution in [0.25, 0.3) is 5.70 Å². The van der Waals surface area contributed by atoms with E-state index in [0.29, 0.717) is 5.02 Å². The maximum Gasteiger partial charge on any atom is 0.138 e. The highest BCUT2D eigenvalue weighted by Gasteiger charge is 2.21. The molecule has 1 unspecified atom stereocenters. The molecule has 1 atom stereocenters. The lowest BCUT2D eigenvalue weighted by atomic mass is 9.88. The zero-order valence-corrected chi connectivity index (χ0v) is 12.5. The molecule has 0 amide bonds. The molecule has 1 aromatic heterocycles. The SMILES string of the molecule is CC(C)(C)C(O)/C=C(/c1ccc(Cl)cc1)n1cncn1. The zero-order valence-electron chi connectivity index (χ0n) is 11.8. The Labute approximate surface area is 123 Å². The Bertz CT molecular complexity index is 583. The molecule has 0 radical (unpaired) electrons. The summed E-state index contributed by atoms with van der Waals surface area (Å²) in [7, 11) is 0. The Morgan fingerprint density at radius 2 is 1.95 bits per heavy atom. The maximum absolute atomic E-state index is 10.3. The minimum absolute atomic E-state index is 0.252. The lowest BCUT2D eigenvalue weighted by Crippen LogP contribution is -2.24. The van der Waals surface area contributed by atoms with Gasteiger partial charge in [0.15, 0.2) is 0 Å². The number of rotatable bonds is 3. The van der Waals surface area contributed by atoms with E-state index in [1.165, 1.54) is 6.33 Å². The molecule has 106 valence electrons. The number of nitrogens with zero attached hydrogens (tertiary/aromatic N) is 3. The number of benzene rings is 1. The first kappa shape index (κ1) is 14.8. The normalized spacial score (nSPS) is 14.3. The third-order valence-corrected chi connectivity index (χ3v) is 3.26. The van der Waals surface area contributed by atoms with Gasteiger partial charge in [-0.25, -0.2) is 9.67 Å². The molecule has 2 rings (SSSR count). The van der Waals surface area contributed by atoms with Crippen LogP contribution in [-0.2, 0) is 0 Å². The third kappa shape index (κ3) is 3.46. The molecule has 20 heavy (non-hydrogen) atoms. The van der Waals surface area contributed by atoms with Crippen LogP contribution >= 0.6 is 11.6 Å². The van der Waals surface area contributed by atoms with Gasteiger partial charge in [0.1, 0.15) is 12.7 Å². The van der Waals surface area contributed by atoms with Crippen LogP contribution < -0.4 is 0 Å². The Kier molecular flexibility index (Phi) is 4.26. The largest absolute Gasteiger partial charge is 0.388 e. The predicted molar refractivity (Wildman–Crippen MR) is 80.3 cm³/mol. The number of aliphatic hydroxyl groups excluding tert-OH is 1. The van der Waals surface area contributed by atoms with E-state index in [1.807, 2.05) is 45.0 Å². The van der Waals surface area contributed by atoms with Gasteiger partial charge < -0.3 is 5.11 Å². The van der Waals surface area contributed by atoms with E-state index < -0.39 is 6.10 Å². The monoisotopic (exact) mass is 291 g/mol. The first-order valence-corrected chi connectivity index (χ1v) is 6.76. The number of hydrogen-bond donors (Lipinski definition) is 1. The molecule has 0 spiro atoms. The average Bonchev–Trinajstić information content (AvgIpc) is 2.89. The van der Waals surface area contributed by atoms with Crippen LogP contribution in [0.2, 0.25) is 5.02 Å². The molecular formula is C15H18ClN3O. The van der Waals surface area contributed by atoms with Gasteiger partial charge in [0.05, 0.1) is 11.8 Å². The van der Waals surface area contributed by atoms with Crippen molar-refractivity contribution >= 4 is 17.3 Å². The summed E-state index contributed by atoms with van der Waals surface area (Å²) in [4.78, 5) is 3.96. The van der Waals surface area contributed by atoms with Crippen molar-refractivity contribution in [1.82, 2.24) is 14.8 Å². The number of aliphatic hydroxyl groups is 1.